The molecule has 1 saturated heterocycles. The summed E-state index contributed by atoms with van der Waals surface area (Å²) in [7, 11) is 0. The average Bonchev–Trinajstić information content (AvgIpc) is 2.69. The van der Waals surface area contributed by atoms with E-state index >= 15 is 0 Å². The summed E-state index contributed by atoms with van der Waals surface area (Å²) in [5.41, 5.74) is 0. The first kappa shape index (κ1) is 26.0. The Labute approximate surface area is 184 Å². The van der Waals surface area contributed by atoms with Crippen molar-refractivity contribution in [2.24, 2.45) is 29.6 Å². The van der Waals surface area contributed by atoms with Crippen molar-refractivity contribution in [1.29, 1.82) is 0 Å². The molecule has 188 valence electrons. The van der Waals surface area contributed by atoms with Crippen LogP contribution in [0.25, 0.3) is 0 Å². The molecule has 0 aromatic carbocycles. The maximum absolute atomic E-state index is 14.8. The fourth-order valence-electron chi connectivity index (χ4n) is 5.70. The summed E-state index contributed by atoms with van der Waals surface area (Å²) in [4.78, 5) is 0. The van der Waals surface area contributed by atoms with Crippen molar-refractivity contribution in [1.82, 2.24) is 0 Å². The van der Waals surface area contributed by atoms with Gasteiger partial charge in [-0.3, -0.25) is 0 Å². The Morgan fingerprint density at radius 1 is 0.562 bits per heavy atom. The molecule has 32 heavy (non-hydrogen) atoms. The molecule has 3 rings (SSSR count). The monoisotopic (exact) mass is 478 g/mol. The lowest BCUT2D eigenvalue weighted by atomic mass is 9.66. The number of ether oxygens (including phenoxy) is 1. The second-order valence-corrected chi connectivity index (χ2v) is 10.5. The molecule has 1 nitrogen and oxygen atoms in total. The number of halogens is 8. The van der Waals surface area contributed by atoms with Crippen molar-refractivity contribution >= 4 is 0 Å². The van der Waals surface area contributed by atoms with Crippen molar-refractivity contribution < 1.29 is 39.9 Å². The number of rotatable bonds is 6. The van der Waals surface area contributed by atoms with Crippen LogP contribution in [0.3, 0.4) is 0 Å². The molecule has 2 saturated carbocycles. The van der Waals surface area contributed by atoms with E-state index in [4.69, 9.17) is 4.74 Å². The highest BCUT2D eigenvalue weighted by atomic mass is 19.3. The maximum Gasteiger partial charge on any atom is 0.319 e. The van der Waals surface area contributed by atoms with E-state index in [1.165, 1.54) is 0 Å². The summed E-state index contributed by atoms with van der Waals surface area (Å²) in [5.74, 6) is -27.8. The predicted octanol–water partition coefficient (Wildman–Crippen LogP) is 7.98. The van der Waals surface area contributed by atoms with Gasteiger partial charge in [-0.15, -0.1) is 0 Å². The molecule has 0 spiro atoms. The first-order valence-corrected chi connectivity index (χ1v) is 11.8. The Bertz CT molecular complexity index is 539. The molecule has 0 aromatic heterocycles. The molecule has 1 heterocycles. The highest BCUT2D eigenvalue weighted by Crippen LogP contribution is 2.65. The van der Waals surface area contributed by atoms with Gasteiger partial charge in [-0.2, -0.15) is 35.1 Å². The second kappa shape index (κ2) is 9.21. The standard InChI is InChI=1S/C23H34F8O/c1-14-3-6-16(7-4-14)9-11-18-20(24,25)22(28,29)19(23(30,31)21(18,26)27)12-10-17-8-5-15(2)32-13-17/h14-19H,3-13H2,1-2H3. The van der Waals surface area contributed by atoms with Gasteiger partial charge in [0.05, 0.1) is 17.9 Å². The molecule has 3 fully saturated rings. The zero-order chi connectivity index (χ0) is 23.9. The lowest BCUT2D eigenvalue weighted by molar-refractivity contribution is -0.406. The van der Waals surface area contributed by atoms with Crippen LogP contribution in [0.2, 0.25) is 0 Å². The Morgan fingerprint density at radius 2 is 0.969 bits per heavy atom. The van der Waals surface area contributed by atoms with Gasteiger partial charge in [-0.25, -0.2) is 0 Å². The predicted molar refractivity (Wildman–Crippen MR) is 104 cm³/mol. The molecular weight excluding hydrogens is 444 g/mol. The van der Waals surface area contributed by atoms with Gasteiger partial charge in [0.25, 0.3) is 0 Å². The van der Waals surface area contributed by atoms with Crippen LogP contribution in [0, 0.1) is 29.6 Å². The maximum atomic E-state index is 14.8. The third kappa shape index (κ3) is 4.65. The largest absolute Gasteiger partial charge is 0.378 e. The SMILES string of the molecule is CC1CCC(CCC2C(F)(F)C(F)(F)C(CCC3CCC(C)OC3)C(F)(F)C2(F)F)CC1. The van der Waals surface area contributed by atoms with Crippen molar-refractivity contribution in [2.75, 3.05) is 6.61 Å². The summed E-state index contributed by atoms with van der Waals surface area (Å²) in [6, 6.07) is 0. The summed E-state index contributed by atoms with van der Waals surface area (Å²) in [6.45, 7) is 3.94. The molecule has 0 bridgehead atoms. The van der Waals surface area contributed by atoms with Crippen molar-refractivity contribution in [3.8, 4) is 0 Å². The van der Waals surface area contributed by atoms with E-state index in [0.29, 0.717) is 31.6 Å². The van der Waals surface area contributed by atoms with Gasteiger partial charge in [0.15, 0.2) is 0 Å². The number of hydrogen-bond donors (Lipinski definition) is 0. The van der Waals surface area contributed by atoms with Crippen LogP contribution in [-0.4, -0.2) is 36.4 Å². The molecule has 2 atom stereocenters. The minimum absolute atomic E-state index is 0.0642. The molecule has 0 amide bonds. The van der Waals surface area contributed by atoms with Gasteiger partial charge in [-0.05, 0) is 63.2 Å². The first-order valence-electron chi connectivity index (χ1n) is 11.8. The van der Waals surface area contributed by atoms with Crippen LogP contribution >= 0.6 is 0 Å². The molecule has 0 radical (unpaired) electrons. The third-order valence-electron chi connectivity index (χ3n) is 8.10. The van der Waals surface area contributed by atoms with Crippen LogP contribution < -0.4 is 0 Å². The number of alkyl halides is 8. The fourth-order valence-corrected chi connectivity index (χ4v) is 5.70. The van der Waals surface area contributed by atoms with Gasteiger partial charge >= 0.3 is 23.7 Å². The lowest BCUT2D eigenvalue weighted by Crippen LogP contribution is -2.71. The minimum Gasteiger partial charge on any atom is -0.378 e. The molecular formula is C23H34F8O. The van der Waals surface area contributed by atoms with E-state index in [0.717, 1.165) is 12.8 Å². The van der Waals surface area contributed by atoms with Gasteiger partial charge in [0.1, 0.15) is 0 Å². The highest BCUT2D eigenvalue weighted by molar-refractivity contribution is 5.14. The molecule has 2 aliphatic carbocycles. The van der Waals surface area contributed by atoms with Crippen LogP contribution in [0.4, 0.5) is 35.1 Å². The van der Waals surface area contributed by atoms with Crippen LogP contribution in [0.1, 0.15) is 78.1 Å². The molecule has 2 unspecified atom stereocenters. The van der Waals surface area contributed by atoms with E-state index in [9.17, 15) is 35.1 Å². The van der Waals surface area contributed by atoms with Crippen LogP contribution in [-0.2, 0) is 4.74 Å². The zero-order valence-corrected chi connectivity index (χ0v) is 18.7. The van der Waals surface area contributed by atoms with Crippen molar-refractivity contribution in [3.63, 3.8) is 0 Å². The number of hydrogen-bond acceptors (Lipinski definition) is 1. The van der Waals surface area contributed by atoms with E-state index in [1.807, 2.05) is 6.92 Å². The molecule has 0 N–H and O–H groups in total. The lowest BCUT2D eigenvalue weighted by Gasteiger charge is -2.51. The van der Waals surface area contributed by atoms with Crippen LogP contribution in [0.5, 0.6) is 0 Å². The van der Waals surface area contributed by atoms with Crippen molar-refractivity contribution in [3.05, 3.63) is 0 Å². The van der Waals surface area contributed by atoms with E-state index in [-0.39, 0.29) is 37.4 Å². The normalized spacial score (nSPS) is 40.7. The molecule has 9 heteroatoms. The first-order chi connectivity index (χ1) is 14.7. The Kier molecular flexibility index (Phi) is 7.49. The summed E-state index contributed by atoms with van der Waals surface area (Å²) in [5, 5.41) is 0. The van der Waals surface area contributed by atoms with E-state index in [2.05, 4.69) is 0 Å². The molecule has 1 aliphatic heterocycles. The Morgan fingerprint density at radius 3 is 1.38 bits per heavy atom. The van der Waals surface area contributed by atoms with E-state index in [1.54, 1.807) is 6.92 Å². The molecule has 0 aromatic rings. The highest BCUT2D eigenvalue weighted by Gasteiger charge is 2.85. The summed E-state index contributed by atoms with van der Waals surface area (Å²) in [6.07, 6.45) is 1.25. The Balaban J connectivity index is 1.75. The average molecular weight is 479 g/mol. The van der Waals surface area contributed by atoms with Gasteiger partial charge in [0, 0.05) is 6.61 Å². The smallest absolute Gasteiger partial charge is 0.319 e. The summed E-state index contributed by atoms with van der Waals surface area (Å²) >= 11 is 0. The topological polar surface area (TPSA) is 9.23 Å². The second-order valence-electron chi connectivity index (χ2n) is 10.5. The minimum atomic E-state index is -5.22. The summed E-state index contributed by atoms with van der Waals surface area (Å²) < 4.78 is 124. The third-order valence-corrected chi connectivity index (χ3v) is 8.10. The van der Waals surface area contributed by atoms with E-state index < -0.39 is 48.4 Å². The van der Waals surface area contributed by atoms with Gasteiger partial charge < -0.3 is 4.74 Å². The quantitative estimate of drug-likeness (QED) is 0.352. The fraction of sp³-hybridized carbons (Fsp3) is 1.00. The van der Waals surface area contributed by atoms with Crippen molar-refractivity contribution in [2.45, 2.75) is 108 Å². The van der Waals surface area contributed by atoms with Gasteiger partial charge in [-0.1, -0.05) is 32.6 Å². The van der Waals surface area contributed by atoms with Gasteiger partial charge in [0.2, 0.25) is 0 Å². The molecule has 3 aliphatic rings. The van der Waals surface area contributed by atoms with Crippen LogP contribution in [0.15, 0.2) is 0 Å². The zero-order valence-electron chi connectivity index (χ0n) is 18.7. The Hall–Kier alpha value is -0.600.